The van der Waals surface area contributed by atoms with Crippen molar-refractivity contribution in [1.29, 1.82) is 0 Å². The van der Waals surface area contributed by atoms with Crippen LogP contribution in [0, 0.1) is 0 Å². The Balaban J connectivity index is 1.90. The van der Waals surface area contributed by atoms with Crippen LogP contribution >= 0.6 is 11.5 Å². The molecule has 1 aliphatic heterocycles. The molecule has 0 aliphatic carbocycles. The molecule has 1 unspecified atom stereocenters. The van der Waals surface area contributed by atoms with Gasteiger partial charge >= 0.3 is 0 Å². The van der Waals surface area contributed by atoms with Crippen molar-refractivity contribution in [3.05, 3.63) is 5.56 Å². The molecule has 1 aromatic rings. The van der Waals surface area contributed by atoms with Gasteiger partial charge in [0.15, 0.2) is 5.82 Å². The molecule has 18 heavy (non-hydrogen) atoms. The largest absolute Gasteiger partial charge is 0.382 e. The van der Waals surface area contributed by atoms with E-state index >= 15 is 0 Å². The van der Waals surface area contributed by atoms with Crippen LogP contribution < -0.4 is 16.4 Å². The molecule has 1 saturated heterocycles. The van der Waals surface area contributed by atoms with Gasteiger partial charge in [-0.25, -0.2) is 0 Å². The fraction of sp³-hybridized carbons (Fsp3) is 0.636. The molecule has 0 bridgehead atoms. The second kappa shape index (κ2) is 6.01. The summed E-state index contributed by atoms with van der Waals surface area (Å²) in [6.07, 6.45) is 3.53. The zero-order chi connectivity index (χ0) is 13.0. The molecule has 2 heterocycles. The van der Waals surface area contributed by atoms with Gasteiger partial charge in [0, 0.05) is 20.2 Å². The number of rotatable bonds is 5. The third-order valence-electron chi connectivity index (χ3n) is 2.95. The van der Waals surface area contributed by atoms with E-state index in [-0.39, 0.29) is 11.7 Å². The SMILES string of the molecule is CNC(=O)c1c(N)nsc1NCCC1CCCO1. The molecule has 100 valence electrons. The summed E-state index contributed by atoms with van der Waals surface area (Å²) in [5, 5.41) is 6.50. The quantitative estimate of drug-likeness (QED) is 0.744. The molecule has 0 saturated carbocycles. The predicted molar refractivity (Wildman–Crippen MR) is 72.0 cm³/mol. The van der Waals surface area contributed by atoms with Crippen LogP contribution in [0.15, 0.2) is 0 Å². The highest BCUT2D eigenvalue weighted by Gasteiger charge is 2.19. The van der Waals surface area contributed by atoms with Crippen molar-refractivity contribution < 1.29 is 9.53 Å². The second-order valence-corrected chi connectivity index (χ2v) is 4.97. The van der Waals surface area contributed by atoms with Crippen molar-refractivity contribution in [2.24, 2.45) is 0 Å². The number of nitrogens with two attached hydrogens (primary N) is 1. The average Bonchev–Trinajstić information content (AvgIpc) is 2.99. The van der Waals surface area contributed by atoms with E-state index in [0.717, 1.165) is 37.4 Å². The highest BCUT2D eigenvalue weighted by molar-refractivity contribution is 7.11. The summed E-state index contributed by atoms with van der Waals surface area (Å²) in [4.78, 5) is 11.6. The van der Waals surface area contributed by atoms with Crippen molar-refractivity contribution in [1.82, 2.24) is 9.69 Å². The molecule has 1 amide bonds. The first-order chi connectivity index (χ1) is 8.72. The Morgan fingerprint density at radius 1 is 1.67 bits per heavy atom. The van der Waals surface area contributed by atoms with E-state index in [4.69, 9.17) is 10.5 Å². The molecular formula is C11H18N4O2S. The molecule has 2 rings (SSSR count). The summed E-state index contributed by atoms with van der Waals surface area (Å²) < 4.78 is 9.54. The van der Waals surface area contributed by atoms with Gasteiger partial charge in [-0.3, -0.25) is 4.79 Å². The summed E-state index contributed by atoms with van der Waals surface area (Å²) in [5.74, 6) is 0.0693. The predicted octanol–water partition coefficient (Wildman–Crippen LogP) is 1.07. The molecule has 0 aromatic carbocycles. The second-order valence-electron chi connectivity index (χ2n) is 4.20. The van der Waals surface area contributed by atoms with Crippen LogP contribution in [0.1, 0.15) is 29.6 Å². The number of nitrogens with one attached hydrogen (secondary N) is 2. The van der Waals surface area contributed by atoms with Crippen molar-refractivity contribution in [2.45, 2.75) is 25.4 Å². The minimum Gasteiger partial charge on any atom is -0.382 e. The van der Waals surface area contributed by atoms with Crippen molar-refractivity contribution in [2.75, 3.05) is 31.2 Å². The van der Waals surface area contributed by atoms with Gasteiger partial charge in [0.2, 0.25) is 0 Å². The van der Waals surface area contributed by atoms with Crippen LogP contribution in [-0.2, 0) is 4.74 Å². The van der Waals surface area contributed by atoms with E-state index in [1.54, 1.807) is 7.05 Å². The first kappa shape index (κ1) is 13.1. The van der Waals surface area contributed by atoms with Crippen molar-refractivity contribution in [3.8, 4) is 0 Å². The summed E-state index contributed by atoms with van der Waals surface area (Å²) in [6, 6.07) is 0. The Morgan fingerprint density at radius 2 is 2.50 bits per heavy atom. The number of hydrogen-bond donors (Lipinski definition) is 3. The molecule has 0 spiro atoms. The van der Waals surface area contributed by atoms with Crippen LogP contribution in [0.3, 0.4) is 0 Å². The lowest BCUT2D eigenvalue weighted by atomic mass is 10.2. The number of nitrogens with zero attached hydrogens (tertiary/aromatic N) is 1. The van der Waals surface area contributed by atoms with E-state index in [2.05, 4.69) is 15.0 Å². The number of aromatic nitrogens is 1. The number of ether oxygens (including phenoxy) is 1. The lowest BCUT2D eigenvalue weighted by Crippen LogP contribution is -2.20. The average molecular weight is 270 g/mol. The Kier molecular flexibility index (Phi) is 4.38. The number of nitrogen functional groups attached to an aromatic ring is 1. The maximum absolute atomic E-state index is 11.6. The zero-order valence-electron chi connectivity index (χ0n) is 10.4. The van der Waals surface area contributed by atoms with Gasteiger partial charge in [-0.05, 0) is 30.8 Å². The molecule has 6 nitrogen and oxygen atoms in total. The number of hydrogen-bond acceptors (Lipinski definition) is 6. The standard InChI is InChI=1S/C11H18N4O2S/c1-13-10(16)8-9(12)15-18-11(8)14-5-4-7-3-2-6-17-7/h7,14H,2-6H2,1H3,(H2,12,15)(H,13,16). The molecule has 1 aliphatic rings. The van der Waals surface area contributed by atoms with E-state index in [1.807, 2.05) is 0 Å². The van der Waals surface area contributed by atoms with Crippen LogP contribution in [0.4, 0.5) is 10.8 Å². The van der Waals surface area contributed by atoms with Gasteiger partial charge in [-0.2, -0.15) is 4.37 Å². The van der Waals surface area contributed by atoms with E-state index in [9.17, 15) is 4.79 Å². The molecular weight excluding hydrogens is 252 g/mol. The van der Waals surface area contributed by atoms with Gasteiger partial charge in [-0.15, -0.1) is 0 Å². The van der Waals surface area contributed by atoms with Gasteiger partial charge in [0.1, 0.15) is 10.6 Å². The maximum Gasteiger partial charge on any atom is 0.257 e. The number of carbonyl (C=O) groups excluding carboxylic acids is 1. The number of amides is 1. The lowest BCUT2D eigenvalue weighted by Gasteiger charge is -2.10. The maximum atomic E-state index is 11.6. The Hall–Kier alpha value is -1.34. The monoisotopic (exact) mass is 270 g/mol. The van der Waals surface area contributed by atoms with Gasteiger partial charge < -0.3 is 21.1 Å². The molecule has 7 heteroatoms. The molecule has 1 fully saturated rings. The number of anilines is 2. The Bertz CT molecular complexity index is 415. The van der Waals surface area contributed by atoms with Crippen LogP contribution in [0.2, 0.25) is 0 Å². The molecule has 4 N–H and O–H groups in total. The molecule has 1 atom stereocenters. The summed E-state index contributed by atoms with van der Waals surface area (Å²) in [7, 11) is 1.58. The topological polar surface area (TPSA) is 89.3 Å². The summed E-state index contributed by atoms with van der Waals surface area (Å²) in [6.45, 7) is 1.62. The first-order valence-electron chi connectivity index (χ1n) is 6.05. The summed E-state index contributed by atoms with van der Waals surface area (Å²) in [5.41, 5.74) is 6.13. The van der Waals surface area contributed by atoms with Crippen LogP contribution in [0.5, 0.6) is 0 Å². The van der Waals surface area contributed by atoms with Gasteiger partial charge in [0.05, 0.1) is 6.10 Å². The third kappa shape index (κ3) is 2.91. The number of carbonyl (C=O) groups is 1. The lowest BCUT2D eigenvalue weighted by molar-refractivity contribution is 0.0965. The van der Waals surface area contributed by atoms with E-state index in [1.165, 1.54) is 11.5 Å². The molecule has 0 radical (unpaired) electrons. The third-order valence-corrected chi connectivity index (χ3v) is 3.77. The van der Waals surface area contributed by atoms with E-state index < -0.39 is 0 Å². The smallest absolute Gasteiger partial charge is 0.257 e. The fourth-order valence-corrected chi connectivity index (χ4v) is 2.72. The Labute approximate surface area is 110 Å². The minimum absolute atomic E-state index is 0.208. The summed E-state index contributed by atoms with van der Waals surface area (Å²) >= 11 is 1.21. The van der Waals surface area contributed by atoms with Gasteiger partial charge in [-0.1, -0.05) is 0 Å². The fourth-order valence-electron chi connectivity index (χ4n) is 1.99. The van der Waals surface area contributed by atoms with Gasteiger partial charge in [0.25, 0.3) is 5.91 Å². The van der Waals surface area contributed by atoms with Crippen LogP contribution in [0.25, 0.3) is 0 Å². The minimum atomic E-state index is -0.208. The Morgan fingerprint density at radius 3 is 3.17 bits per heavy atom. The molecule has 1 aromatic heterocycles. The highest BCUT2D eigenvalue weighted by atomic mass is 32.1. The first-order valence-corrected chi connectivity index (χ1v) is 6.82. The van der Waals surface area contributed by atoms with Crippen molar-refractivity contribution in [3.63, 3.8) is 0 Å². The highest BCUT2D eigenvalue weighted by Crippen LogP contribution is 2.26. The van der Waals surface area contributed by atoms with E-state index in [0.29, 0.717) is 11.7 Å². The normalized spacial score (nSPS) is 18.8. The van der Waals surface area contributed by atoms with Crippen LogP contribution in [-0.4, -0.2) is 36.6 Å². The van der Waals surface area contributed by atoms with Crippen molar-refractivity contribution >= 4 is 28.3 Å². The zero-order valence-corrected chi connectivity index (χ0v) is 11.2.